The molecule has 13 heavy (non-hydrogen) atoms. The Kier molecular flexibility index (Phi) is 5.34. The van der Waals surface area contributed by atoms with Gasteiger partial charge in [-0.05, 0) is 0 Å². The highest BCUT2D eigenvalue weighted by Gasteiger charge is 2.00. The van der Waals surface area contributed by atoms with E-state index in [0.717, 1.165) is 0 Å². The minimum Gasteiger partial charge on any atom is -0.466 e. The van der Waals surface area contributed by atoms with Crippen LogP contribution in [0.2, 0.25) is 0 Å². The zero-order valence-corrected chi connectivity index (χ0v) is 8.03. The number of hydrogen-bond donors (Lipinski definition) is 1. The van der Waals surface area contributed by atoms with Crippen molar-refractivity contribution in [3.63, 3.8) is 0 Å². The van der Waals surface area contributed by atoms with Gasteiger partial charge in [0.2, 0.25) is 5.91 Å². The second kappa shape index (κ2) is 6.05. The van der Waals surface area contributed by atoms with Gasteiger partial charge in [-0.15, -0.1) is 0 Å². The van der Waals surface area contributed by atoms with Crippen LogP contribution in [0.4, 0.5) is 0 Å². The first-order valence-electron chi connectivity index (χ1n) is 3.77. The molecule has 0 saturated carbocycles. The Bertz CT molecular complexity index is 213. The normalized spacial score (nSPS) is 9.77. The third kappa shape index (κ3) is 5.72. The number of hydrogen-bond acceptors (Lipinski definition) is 4. The molecule has 1 amide bonds. The van der Waals surface area contributed by atoms with Crippen LogP contribution in [0.5, 0.6) is 0 Å². The van der Waals surface area contributed by atoms with Crippen LogP contribution in [-0.4, -0.2) is 44.5 Å². The van der Waals surface area contributed by atoms with E-state index in [9.17, 15) is 9.59 Å². The second-order valence-electron chi connectivity index (χ2n) is 2.43. The summed E-state index contributed by atoms with van der Waals surface area (Å²) in [5.74, 6) is -0.555. The van der Waals surface area contributed by atoms with Crippen LogP contribution in [0.25, 0.3) is 0 Å². The Balaban J connectivity index is 3.86. The third-order valence-electron chi connectivity index (χ3n) is 1.34. The number of rotatable bonds is 4. The van der Waals surface area contributed by atoms with E-state index in [1.165, 1.54) is 19.4 Å². The molecule has 5 nitrogen and oxygen atoms in total. The summed E-state index contributed by atoms with van der Waals surface area (Å²) in [7, 11) is 4.54. The molecule has 0 aromatic carbocycles. The predicted molar refractivity (Wildman–Crippen MR) is 47.9 cm³/mol. The van der Waals surface area contributed by atoms with Crippen molar-refractivity contribution in [2.24, 2.45) is 0 Å². The zero-order valence-electron chi connectivity index (χ0n) is 8.03. The number of carbonyl (C=O) groups is 2. The Morgan fingerprint density at radius 3 is 2.62 bits per heavy atom. The summed E-state index contributed by atoms with van der Waals surface area (Å²) >= 11 is 0. The number of methoxy groups -OCH3 is 1. The van der Waals surface area contributed by atoms with E-state index >= 15 is 0 Å². The first-order valence-corrected chi connectivity index (χ1v) is 3.77. The van der Waals surface area contributed by atoms with E-state index in [-0.39, 0.29) is 12.5 Å². The molecular weight excluding hydrogens is 172 g/mol. The molecule has 0 radical (unpaired) electrons. The molecule has 0 aliphatic rings. The zero-order chi connectivity index (χ0) is 10.3. The highest BCUT2D eigenvalue weighted by atomic mass is 16.5. The second-order valence-corrected chi connectivity index (χ2v) is 2.43. The van der Waals surface area contributed by atoms with Crippen LogP contribution in [-0.2, 0) is 14.3 Å². The van der Waals surface area contributed by atoms with E-state index in [2.05, 4.69) is 10.1 Å². The molecule has 0 bridgehead atoms. The number of likely N-dealkylation sites (N-methyl/N-ethyl adjacent to an activating group) is 2. The molecule has 0 aliphatic carbocycles. The van der Waals surface area contributed by atoms with E-state index in [4.69, 9.17) is 0 Å². The van der Waals surface area contributed by atoms with E-state index in [0.29, 0.717) is 0 Å². The Hall–Kier alpha value is -1.52. The average molecular weight is 186 g/mol. The highest BCUT2D eigenvalue weighted by molar-refractivity contribution is 5.82. The van der Waals surface area contributed by atoms with Crippen molar-refractivity contribution in [2.45, 2.75) is 0 Å². The highest BCUT2D eigenvalue weighted by Crippen LogP contribution is 1.85. The summed E-state index contributed by atoms with van der Waals surface area (Å²) < 4.78 is 4.38. The number of amides is 1. The van der Waals surface area contributed by atoms with Crippen LogP contribution >= 0.6 is 0 Å². The van der Waals surface area contributed by atoms with Crippen molar-refractivity contribution in [1.82, 2.24) is 10.2 Å². The first kappa shape index (κ1) is 11.5. The van der Waals surface area contributed by atoms with Crippen molar-refractivity contribution < 1.29 is 14.3 Å². The molecule has 0 spiro atoms. The fraction of sp³-hybridized carbons (Fsp3) is 0.500. The van der Waals surface area contributed by atoms with Gasteiger partial charge in [-0.1, -0.05) is 0 Å². The summed E-state index contributed by atoms with van der Waals surface area (Å²) in [6.45, 7) is 0.212. The van der Waals surface area contributed by atoms with Gasteiger partial charge in [-0.2, -0.15) is 0 Å². The Morgan fingerprint density at radius 2 is 2.15 bits per heavy atom. The molecule has 5 heteroatoms. The summed E-state index contributed by atoms with van der Waals surface area (Å²) in [6, 6.07) is 0. The van der Waals surface area contributed by atoms with Gasteiger partial charge < -0.3 is 15.0 Å². The lowest BCUT2D eigenvalue weighted by atomic mass is 10.5. The number of nitrogens with one attached hydrogen (secondary N) is 1. The van der Waals surface area contributed by atoms with Gasteiger partial charge in [0.15, 0.2) is 0 Å². The lowest BCUT2D eigenvalue weighted by molar-refractivity contribution is -0.135. The van der Waals surface area contributed by atoms with Crippen LogP contribution in [0.3, 0.4) is 0 Å². The molecule has 0 atom stereocenters. The maximum absolute atomic E-state index is 10.8. The minimum atomic E-state index is -0.441. The summed E-state index contributed by atoms with van der Waals surface area (Å²) in [4.78, 5) is 23.0. The molecule has 1 N–H and O–H groups in total. The lowest BCUT2D eigenvalue weighted by Gasteiger charge is -2.11. The van der Waals surface area contributed by atoms with Crippen LogP contribution < -0.4 is 5.32 Å². The SMILES string of the molecule is CNC(=O)CN(C)C=CC(=O)OC. The molecule has 74 valence electrons. The molecule has 0 unspecified atom stereocenters. The van der Waals surface area contributed by atoms with E-state index < -0.39 is 5.97 Å². The van der Waals surface area contributed by atoms with Gasteiger partial charge in [0, 0.05) is 26.4 Å². The van der Waals surface area contributed by atoms with Gasteiger partial charge in [-0.25, -0.2) is 4.79 Å². The van der Waals surface area contributed by atoms with Gasteiger partial charge in [0.25, 0.3) is 0 Å². The average Bonchev–Trinajstić information content (AvgIpc) is 2.13. The van der Waals surface area contributed by atoms with Gasteiger partial charge in [0.1, 0.15) is 0 Å². The lowest BCUT2D eigenvalue weighted by Crippen LogP contribution is -2.30. The fourth-order valence-electron chi connectivity index (χ4n) is 0.614. The minimum absolute atomic E-state index is 0.114. The van der Waals surface area contributed by atoms with Gasteiger partial charge in [0.05, 0.1) is 13.7 Å². The molecular formula is C8H14N2O3. The number of carbonyl (C=O) groups excluding carboxylic acids is 2. The summed E-state index contributed by atoms with van der Waals surface area (Å²) in [5, 5.41) is 2.47. The van der Waals surface area contributed by atoms with Crippen molar-refractivity contribution in [2.75, 3.05) is 27.7 Å². The largest absolute Gasteiger partial charge is 0.466 e. The molecule has 0 saturated heterocycles. The van der Waals surface area contributed by atoms with Gasteiger partial charge >= 0.3 is 5.97 Å². The van der Waals surface area contributed by atoms with E-state index in [1.807, 2.05) is 0 Å². The van der Waals surface area contributed by atoms with E-state index in [1.54, 1.807) is 19.0 Å². The number of ether oxygens (including phenoxy) is 1. The maximum atomic E-state index is 10.8. The first-order chi connectivity index (χ1) is 6.10. The van der Waals surface area contributed by atoms with Crippen molar-refractivity contribution in [1.29, 1.82) is 0 Å². The van der Waals surface area contributed by atoms with Crippen molar-refractivity contribution >= 4 is 11.9 Å². The fourth-order valence-corrected chi connectivity index (χ4v) is 0.614. The van der Waals surface area contributed by atoms with Crippen LogP contribution in [0, 0.1) is 0 Å². The molecule has 0 heterocycles. The predicted octanol–water partition coefficient (Wildman–Crippen LogP) is -0.649. The maximum Gasteiger partial charge on any atom is 0.331 e. The monoisotopic (exact) mass is 186 g/mol. The molecule has 0 aromatic heterocycles. The smallest absolute Gasteiger partial charge is 0.331 e. The summed E-state index contributed by atoms with van der Waals surface area (Å²) in [5.41, 5.74) is 0. The molecule has 0 aromatic rings. The third-order valence-corrected chi connectivity index (χ3v) is 1.34. The number of nitrogens with zero attached hydrogens (tertiary/aromatic N) is 1. The molecule has 0 rings (SSSR count). The molecule has 0 fully saturated rings. The standard InChI is InChI=1S/C8H14N2O3/c1-9-7(11)6-10(2)5-4-8(12)13-3/h4-5H,6H2,1-3H3,(H,9,11). The quantitative estimate of drug-likeness (QED) is 0.468. The van der Waals surface area contributed by atoms with Crippen molar-refractivity contribution in [3.8, 4) is 0 Å². The Morgan fingerprint density at radius 1 is 1.54 bits per heavy atom. The topological polar surface area (TPSA) is 58.6 Å². The summed E-state index contributed by atoms with van der Waals surface area (Å²) in [6.07, 6.45) is 2.74. The van der Waals surface area contributed by atoms with Crippen molar-refractivity contribution in [3.05, 3.63) is 12.3 Å². The number of esters is 1. The Labute approximate surface area is 77.4 Å². The van der Waals surface area contributed by atoms with Gasteiger partial charge in [-0.3, -0.25) is 4.79 Å². The van der Waals surface area contributed by atoms with Crippen LogP contribution in [0.1, 0.15) is 0 Å². The molecule has 0 aliphatic heterocycles. The van der Waals surface area contributed by atoms with Crippen LogP contribution in [0.15, 0.2) is 12.3 Å².